The van der Waals surface area contributed by atoms with E-state index >= 15 is 0 Å². The third-order valence-corrected chi connectivity index (χ3v) is 4.81. The van der Waals surface area contributed by atoms with Gasteiger partial charge in [0, 0.05) is 13.0 Å². The predicted octanol–water partition coefficient (Wildman–Crippen LogP) is 3.11. The third-order valence-electron chi connectivity index (χ3n) is 4.81. The van der Waals surface area contributed by atoms with Gasteiger partial charge >= 0.3 is 0 Å². The van der Waals surface area contributed by atoms with E-state index in [1.54, 1.807) is 17.0 Å². The first-order chi connectivity index (χ1) is 10.0. The molecule has 1 aliphatic rings. The number of nitrogens with two attached hydrogens (primary N) is 1. The van der Waals surface area contributed by atoms with E-state index in [2.05, 4.69) is 0 Å². The number of halogens is 1. The average molecular weight is 292 g/mol. The monoisotopic (exact) mass is 292 g/mol. The van der Waals surface area contributed by atoms with Gasteiger partial charge in [-0.25, -0.2) is 4.39 Å². The van der Waals surface area contributed by atoms with E-state index in [0.717, 1.165) is 37.8 Å². The molecule has 3 nitrogen and oxygen atoms in total. The van der Waals surface area contributed by atoms with Gasteiger partial charge in [-0.3, -0.25) is 4.79 Å². The largest absolute Gasteiger partial charge is 0.339 e. The Kier molecular flexibility index (Phi) is 5.34. The quantitative estimate of drug-likeness (QED) is 0.927. The van der Waals surface area contributed by atoms with Crippen molar-refractivity contribution in [1.29, 1.82) is 0 Å². The fourth-order valence-corrected chi connectivity index (χ4v) is 3.09. The lowest BCUT2D eigenvalue weighted by atomic mass is 9.81. The fourth-order valence-electron chi connectivity index (χ4n) is 3.09. The van der Waals surface area contributed by atoms with Crippen LogP contribution in [0.2, 0.25) is 0 Å². The molecular weight excluding hydrogens is 267 g/mol. The van der Waals surface area contributed by atoms with Gasteiger partial charge < -0.3 is 10.6 Å². The van der Waals surface area contributed by atoms with Gasteiger partial charge in [-0.2, -0.15) is 0 Å². The summed E-state index contributed by atoms with van der Waals surface area (Å²) >= 11 is 0. The molecule has 0 bridgehead atoms. The molecule has 0 saturated heterocycles. The average Bonchev–Trinajstić information content (AvgIpc) is 2.53. The minimum Gasteiger partial charge on any atom is -0.339 e. The van der Waals surface area contributed by atoms with Crippen LogP contribution in [0, 0.1) is 17.7 Å². The molecule has 1 amide bonds. The van der Waals surface area contributed by atoms with Crippen LogP contribution in [0.15, 0.2) is 24.3 Å². The Balaban J connectivity index is 1.97. The van der Waals surface area contributed by atoms with Crippen LogP contribution in [-0.2, 0) is 4.79 Å². The summed E-state index contributed by atoms with van der Waals surface area (Å²) in [6.07, 6.45) is 3.96. The van der Waals surface area contributed by atoms with Crippen LogP contribution in [-0.4, -0.2) is 24.4 Å². The standard InChI is InChI=1S/C17H25FN2O/c1-12(14-7-9-16(18)10-8-14)20(2)17(21)15-5-3-13(11-19)4-6-15/h7-10,12-13,15H,3-6,11,19H2,1-2H3. The van der Waals surface area contributed by atoms with Crippen LogP contribution in [0.4, 0.5) is 4.39 Å². The molecule has 2 rings (SSSR count). The van der Waals surface area contributed by atoms with Crippen LogP contribution in [0.25, 0.3) is 0 Å². The molecule has 0 spiro atoms. The second-order valence-corrected chi connectivity index (χ2v) is 6.13. The maximum absolute atomic E-state index is 13.0. The Morgan fingerprint density at radius 3 is 2.38 bits per heavy atom. The summed E-state index contributed by atoms with van der Waals surface area (Å²) in [4.78, 5) is 14.4. The van der Waals surface area contributed by atoms with Gasteiger partial charge in [-0.05, 0) is 62.8 Å². The maximum Gasteiger partial charge on any atom is 0.225 e. The molecule has 116 valence electrons. The number of nitrogens with zero attached hydrogens (tertiary/aromatic N) is 1. The van der Waals surface area contributed by atoms with Crippen molar-refractivity contribution in [2.45, 2.75) is 38.6 Å². The highest BCUT2D eigenvalue weighted by atomic mass is 19.1. The Morgan fingerprint density at radius 2 is 1.86 bits per heavy atom. The van der Waals surface area contributed by atoms with Crippen LogP contribution >= 0.6 is 0 Å². The van der Waals surface area contributed by atoms with E-state index in [4.69, 9.17) is 5.73 Å². The summed E-state index contributed by atoms with van der Waals surface area (Å²) in [5, 5.41) is 0. The molecule has 1 aliphatic carbocycles. The molecule has 1 aromatic rings. The third kappa shape index (κ3) is 3.82. The Bertz CT molecular complexity index is 466. The van der Waals surface area contributed by atoms with Crippen LogP contribution in [0.1, 0.15) is 44.2 Å². The molecule has 2 N–H and O–H groups in total. The van der Waals surface area contributed by atoms with Crippen molar-refractivity contribution in [3.8, 4) is 0 Å². The maximum atomic E-state index is 13.0. The van der Waals surface area contributed by atoms with E-state index in [1.807, 2.05) is 14.0 Å². The molecule has 0 aliphatic heterocycles. The zero-order valence-corrected chi connectivity index (χ0v) is 12.9. The number of carbonyl (C=O) groups excluding carboxylic acids is 1. The molecule has 1 fully saturated rings. The highest BCUT2D eigenvalue weighted by molar-refractivity contribution is 5.79. The Labute approximate surface area is 126 Å². The van der Waals surface area contributed by atoms with E-state index in [-0.39, 0.29) is 23.7 Å². The lowest BCUT2D eigenvalue weighted by molar-refractivity contribution is -0.137. The molecule has 1 unspecified atom stereocenters. The van der Waals surface area contributed by atoms with Crippen molar-refractivity contribution in [3.63, 3.8) is 0 Å². The van der Waals surface area contributed by atoms with Gasteiger partial charge in [0.2, 0.25) is 5.91 Å². The van der Waals surface area contributed by atoms with Crippen molar-refractivity contribution in [2.75, 3.05) is 13.6 Å². The molecular formula is C17H25FN2O. The lowest BCUT2D eigenvalue weighted by Crippen LogP contribution is -2.37. The van der Waals surface area contributed by atoms with Crippen molar-refractivity contribution >= 4 is 5.91 Å². The predicted molar refractivity (Wildman–Crippen MR) is 82.1 cm³/mol. The molecule has 0 heterocycles. The van der Waals surface area contributed by atoms with E-state index in [1.165, 1.54) is 12.1 Å². The van der Waals surface area contributed by atoms with Gasteiger partial charge in [-0.15, -0.1) is 0 Å². The van der Waals surface area contributed by atoms with E-state index in [0.29, 0.717) is 5.92 Å². The summed E-state index contributed by atoms with van der Waals surface area (Å²) in [7, 11) is 1.84. The summed E-state index contributed by atoms with van der Waals surface area (Å²) in [5.74, 6) is 0.636. The summed E-state index contributed by atoms with van der Waals surface area (Å²) < 4.78 is 13.0. The van der Waals surface area contributed by atoms with Gasteiger partial charge in [0.1, 0.15) is 5.82 Å². The zero-order valence-electron chi connectivity index (χ0n) is 12.9. The Morgan fingerprint density at radius 1 is 1.29 bits per heavy atom. The molecule has 4 heteroatoms. The minimum absolute atomic E-state index is 0.0367. The zero-order chi connectivity index (χ0) is 15.4. The topological polar surface area (TPSA) is 46.3 Å². The molecule has 0 radical (unpaired) electrons. The van der Waals surface area contributed by atoms with Gasteiger partial charge in [0.05, 0.1) is 6.04 Å². The summed E-state index contributed by atoms with van der Waals surface area (Å²) in [5.41, 5.74) is 6.66. The number of amides is 1. The van der Waals surface area contributed by atoms with Crippen LogP contribution in [0.3, 0.4) is 0 Å². The second kappa shape index (κ2) is 7.03. The van der Waals surface area contributed by atoms with Crippen molar-refractivity contribution in [1.82, 2.24) is 4.90 Å². The number of hydrogen-bond donors (Lipinski definition) is 1. The van der Waals surface area contributed by atoms with E-state index < -0.39 is 0 Å². The highest BCUT2D eigenvalue weighted by Crippen LogP contribution is 2.31. The van der Waals surface area contributed by atoms with Crippen LogP contribution < -0.4 is 5.73 Å². The number of carbonyl (C=O) groups is 1. The lowest BCUT2D eigenvalue weighted by Gasteiger charge is -2.33. The van der Waals surface area contributed by atoms with E-state index in [9.17, 15) is 9.18 Å². The van der Waals surface area contributed by atoms with Gasteiger partial charge in [0.25, 0.3) is 0 Å². The van der Waals surface area contributed by atoms with Crippen molar-refractivity contribution in [3.05, 3.63) is 35.6 Å². The summed E-state index contributed by atoms with van der Waals surface area (Å²) in [6.45, 7) is 2.71. The first-order valence-corrected chi connectivity index (χ1v) is 7.75. The SMILES string of the molecule is CC(c1ccc(F)cc1)N(C)C(=O)C1CCC(CN)CC1. The Hall–Kier alpha value is -1.42. The molecule has 1 atom stereocenters. The van der Waals surface area contributed by atoms with Crippen molar-refractivity contribution in [2.24, 2.45) is 17.6 Å². The fraction of sp³-hybridized carbons (Fsp3) is 0.588. The minimum atomic E-state index is -0.250. The summed E-state index contributed by atoms with van der Waals surface area (Å²) in [6, 6.07) is 6.34. The smallest absolute Gasteiger partial charge is 0.225 e. The van der Waals surface area contributed by atoms with Crippen LogP contribution in [0.5, 0.6) is 0 Å². The first kappa shape index (κ1) is 16.0. The number of benzene rings is 1. The number of rotatable bonds is 4. The normalized spacial score (nSPS) is 23.6. The second-order valence-electron chi connectivity index (χ2n) is 6.13. The van der Waals surface area contributed by atoms with Gasteiger partial charge in [-0.1, -0.05) is 12.1 Å². The first-order valence-electron chi connectivity index (χ1n) is 7.75. The molecule has 1 saturated carbocycles. The molecule has 1 aromatic carbocycles. The molecule has 21 heavy (non-hydrogen) atoms. The molecule has 0 aromatic heterocycles. The van der Waals surface area contributed by atoms with Crippen molar-refractivity contribution < 1.29 is 9.18 Å². The number of hydrogen-bond acceptors (Lipinski definition) is 2. The highest BCUT2D eigenvalue weighted by Gasteiger charge is 2.29. The van der Waals surface area contributed by atoms with Gasteiger partial charge in [0.15, 0.2) is 0 Å².